The molecule has 2 unspecified atom stereocenters. The lowest BCUT2D eigenvalue weighted by Gasteiger charge is -2.26. The van der Waals surface area contributed by atoms with Crippen molar-refractivity contribution in [3.05, 3.63) is 134 Å². The predicted molar refractivity (Wildman–Crippen MR) is 343 cm³/mol. The van der Waals surface area contributed by atoms with Crippen molar-refractivity contribution >= 4 is 17.9 Å². The van der Waals surface area contributed by atoms with Gasteiger partial charge < -0.3 is 33.3 Å². The van der Waals surface area contributed by atoms with Gasteiger partial charge in [-0.3, -0.25) is 9.59 Å². The van der Waals surface area contributed by atoms with E-state index < -0.39 is 24.3 Å². The molecule has 460 valence electrons. The summed E-state index contributed by atoms with van der Waals surface area (Å²) in [5, 5.41) is 11.8. The Labute approximate surface area is 497 Å². The summed E-state index contributed by atoms with van der Waals surface area (Å²) in [4.78, 5) is 37.4. The van der Waals surface area contributed by atoms with Gasteiger partial charge in [-0.25, -0.2) is 0 Å². The number of quaternary nitrogens is 1. The lowest BCUT2D eigenvalue weighted by molar-refractivity contribution is -0.870. The highest BCUT2D eigenvalue weighted by Crippen LogP contribution is 2.16. The zero-order valence-electron chi connectivity index (χ0n) is 52.4. The van der Waals surface area contributed by atoms with Crippen molar-refractivity contribution in [1.29, 1.82) is 0 Å². The van der Waals surface area contributed by atoms with Crippen LogP contribution < -0.4 is 5.11 Å². The van der Waals surface area contributed by atoms with Crippen LogP contribution in [-0.4, -0.2) is 82.3 Å². The Morgan fingerprint density at radius 3 is 0.988 bits per heavy atom. The minimum Gasteiger partial charge on any atom is -0.545 e. The number of allylic oxidation sites excluding steroid dienone is 22. The summed E-state index contributed by atoms with van der Waals surface area (Å²) in [5.41, 5.74) is 0. The fraction of sp³-hybridized carbons (Fsp3) is 0.653. The van der Waals surface area contributed by atoms with Gasteiger partial charge in [-0.05, 0) is 109 Å². The van der Waals surface area contributed by atoms with Gasteiger partial charge in [0.05, 0.1) is 40.3 Å². The minimum absolute atomic E-state index is 0.137. The van der Waals surface area contributed by atoms with E-state index in [1.165, 1.54) is 89.9 Å². The van der Waals surface area contributed by atoms with E-state index in [1.807, 2.05) is 21.1 Å². The topological polar surface area (TPSA) is 111 Å². The third kappa shape index (κ3) is 62.9. The van der Waals surface area contributed by atoms with Crippen LogP contribution in [0.5, 0.6) is 0 Å². The lowest BCUT2D eigenvalue weighted by atomic mass is 10.0. The molecule has 81 heavy (non-hydrogen) atoms. The molecule has 0 aromatic heterocycles. The van der Waals surface area contributed by atoms with Crippen LogP contribution >= 0.6 is 0 Å². The average molecular weight is 1130 g/mol. The molecule has 0 saturated carbocycles. The van der Waals surface area contributed by atoms with Crippen molar-refractivity contribution in [2.45, 2.75) is 257 Å². The van der Waals surface area contributed by atoms with Crippen LogP contribution in [0, 0.1) is 0 Å². The summed E-state index contributed by atoms with van der Waals surface area (Å²) >= 11 is 0. The van der Waals surface area contributed by atoms with Crippen LogP contribution in [0.3, 0.4) is 0 Å². The van der Waals surface area contributed by atoms with E-state index in [2.05, 4.69) is 148 Å². The van der Waals surface area contributed by atoms with E-state index in [-0.39, 0.29) is 38.6 Å². The monoisotopic (exact) mass is 1130 g/mol. The summed E-state index contributed by atoms with van der Waals surface area (Å²) in [5.74, 6) is -2.32. The van der Waals surface area contributed by atoms with Crippen molar-refractivity contribution in [3.63, 3.8) is 0 Å². The molecule has 0 bridgehead atoms. The third-order valence-electron chi connectivity index (χ3n) is 13.4. The zero-order chi connectivity index (χ0) is 59.1. The number of unbranched alkanes of at least 4 members (excludes halogenated alkanes) is 21. The summed E-state index contributed by atoms with van der Waals surface area (Å²) in [6.45, 7) is 4.50. The molecule has 0 heterocycles. The third-order valence-corrected chi connectivity index (χ3v) is 13.4. The predicted octanol–water partition coefficient (Wildman–Crippen LogP) is 18.5. The quantitative estimate of drug-likeness (QED) is 0.0195. The maximum absolute atomic E-state index is 12.9. The highest BCUT2D eigenvalue weighted by Gasteiger charge is 2.22. The highest BCUT2D eigenvalue weighted by atomic mass is 16.7. The van der Waals surface area contributed by atoms with Gasteiger partial charge in [0.15, 0.2) is 12.4 Å². The Bertz CT molecular complexity index is 1790. The second-order valence-electron chi connectivity index (χ2n) is 22.3. The fourth-order valence-electron chi connectivity index (χ4n) is 8.51. The Morgan fingerprint density at radius 2 is 0.667 bits per heavy atom. The van der Waals surface area contributed by atoms with Gasteiger partial charge in [0.1, 0.15) is 13.2 Å². The number of carbonyl (C=O) groups is 3. The van der Waals surface area contributed by atoms with Crippen LogP contribution in [0.15, 0.2) is 134 Å². The van der Waals surface area contributed by atoms with Crippen molar-refractivity contribution in [3.8, 4) is 0 Å². The molecule has 9 heteroatoms. The molecule has 0 rings (SSSR count). The van der Waals surface area contributed by atoms with Crippen LogP contribution in [-0.2, 0) is 33.3 Å². The molecule has 0 aromatic carbocycles. The number of hydrogen-bond acceptors (Lipinski definition) is 8. The molecular formula is C72H119NO8. The number of esters is 2. The second kappa shape index (κ2) is 61.5. The highest BCUT2D eigenvalue weighted by molar-refractivity contribution is 5.70. The zero-order valence-corrected chi connectivity index (χ0v) is 52.4. The van der Waals surface area contributed by atoms with E-state index >= 15 is 0 Å². The van der Waals surface area contributed by atoms with Gasteiger partial charge in [0.2, 0.25) is 0 Å². The molecule has 0 N–H and O–H groups in total. The molecule has 0 aliphatic heterocycles. The van der Waals surface area contributed by atoms with Crippen LogP contribution in [0.1, 0.15) is 245 Å². The van der Waals surface area contributed by atoms with Crippen molar-refractivity contribution in [2.24, 2.45) is 0 Å². The van der Waals surface area contributed by atoms with E-state index in [9.17, 15) is 19.5 Å². The summed E-state index contributed by atoms with van der Waals surface area (Å²) < 4.78 is 22.7. The fourth-order valence-corrected chi connectivity index (χ4v) is 8.51. The van der Waals surface area contributed by atoms with Crippen molar-refractivity contribution < 1.29 is 42.9 Å². The Balaban J connectivity index is 4.23. The molecule has 0 saturated heterocycles. The SMILES string of the molecule is CC/C=C\C/C=C\C/C=C\C/C=C\C/C=C\C/C=C\C/C=C\CCCCCCCC(=O)OC(COC(=O)CCCCCCCCCCCCCCCCCC/C=C\C/C=C\C/C=C\C/C=C\CC)COC(OCC[N+](C)(C)C)C(=O)[O-]. The number of hydrogen-bond donors (Lipinski definition) is 0. The number of aliphatic carboxylic acids is 1. The smallest absolute Gasteiger partial charge is 0.306 e. The molecule has 0 spiro atoms. The van der Waals surface area contributed by atoms with E-state index in [4.69, 9.17) is 18.9 Å². The normalized spacial score (nSPS) is 13.6. The van der Waals surface area contributed by atoms with Gasteiger partial charge in [0, 0.05) is 12.8 Å². The average Bonchev–Trinajstić information content (AvgIpc) is 3.44. The molecule has 0 aliphatic rings. The first kappa shape index (κ1) is 76.4. The Morgan fingerprint density at radius 1 is 0.370 bits per heavy atom. The number of carbonyl (C=O) groups excluding carboxylic acids is 3. The first-order valence-corrected chi connectivity index (χ1v) is 32.3. The molecule has 0 amide bonds. The number of nitrogens with zero attached hydrogens (tertiary/aromatic N) is 1. The molecule has 2 atom stereocenters. The maximum atomic E-state index is 12.9. The molecule has 0 aromatic rings. The number of ether oxygens (including phenoxy) is 4. The van der Waals surface area contributed by atoms with E-state index in [1.54, 1.807) is 0 Å². The maximum Gasteiger partial charge on any atom is 0.306 e. The molecule has 0 fully saturated rings. The number of carboxylic acid groups (broad SMARTS) is 1. The van der Waals surface area contributed by atoms with E-state index in [0.29, 0.717) is 17.4 Å². The summed E-state index contributed by atoms with van der Waals surface area (Å²) in [6.07, 6.45) is 85.1. The number of rotatable bonds is 58. The Kier molecular flexibility index (Phi) is 58.0. The van der Waals surface area contributed by atoms with Gasteiger partial charge in [-0.2, -0.15) is 0 Å². The van der Waals surface area contributed by atoms with Crippen LogP contribution in [0.25, 0.3) is 0 Å². The number of likely N-dealkylation sites (N-methyl/N-ethyl adjacent to an activating group) is 1. The summed E-state index contributed by atoms with van der Waals surface area (Å²) in [6, 6.07) is 0. The molecule has 0 aliphatic carbocycles. The second-order valence-corrected chi connectivity index (χ2v) is 22.3. The largest absolute Gasteiger partial charge is 0.545 e. The van der Waals surface area contributed by atoms with Gasteiger partial charge >= 0.3 is 11.9 Å². The van der Waals surface area contributed by atoms with Crippen molar-refractivity contribution in [1.82, 2.24) is 0 Å². The lowest BCUT2D eigenvalue weighted by Crippen LogP contribution is -2.44. The van der Waals surface area contributed by atoms with E-state index in [0.717, 1.165) is 122 Å². The first-order valence-electron chi connectivity index (χ1n) is 32.3. The first-order chi connectivity index (χ1) is 39.6. The van der Waals surface area contributed by atoms with Crippen LogP contribution in [0.4, 0.5) is 0 Å². The van der Waals surface area contributed by atoms with Gasteiger partial charge in [0.25, 0.3) is 0 Å². The van der Waals surface area contributed by atoms with Gasteiger partial charge in [-0.1, -0.05) is 257 Å². The standard InChI is InChI=1S/C72H119NO8/c1-6-8-10-12-14-16-18-20-22-24-26-28-30-32-34-35-37-38-40-42-44-46-48-50-52-54-56-58-60-62-69(74)79-66-68(67-80-72(71(76)77)78-65-64-73(3,4)5)81-70(75)63-61-59-57-55-53-51-49-47-45-43-41-39-36-33-31-29-27-25-23-21-19-17-15-13-11-9-7-2/h8-11,14-17,20-23,26-29,33,36,41,43,47,49,68,72H,6-7,12-13,18-19,24-25,30-32,34-35,37-40,42,44-46,48,50-67H2,1-5H3/b10-8-,11-9-,16-14-,17-15-,22-20-,23-21-,28-26-,29-27-,36-33-,43-41-,49-47-. The summed E-state index contributed by atoms with van der Waals surface area (Å²) in [7, 11) is 5.91. The molecular weight excluding hydrogens is 1010 g/mol. The molecule has 0 radical (unpaired) electrons. The number of carboxylic acids is 1. The molecule has 9 nitrogen and oxygen atoms in total. The minimum atomic E-state index is -1.64. The van der Waals surface area contributed by atoms with Crippen LogP contribution in [0.2, 0.25) is 0 Å². The van der Waals surface area contributed by atoms with Gasteiger partial charge in [-0.15, -0.1) is 0 Å². The van der Waals surface area contributed by atoms with Crippen molar-refractivity contribution in [2.75, 3.05) is 47.5 Å². The Hall–Kier alpha value is -4.57.